The fourth-order valence-corrected chi connectivity index (χ4v) is 5.02. The summed E-state index contributed by atoms with van der Waals surface area (Å²) in [4.78, 5) is 11.9. The van der Waals surface area contributed by atoms with E-state index in [-0.39, 0.29) is 5.54 Å². The van der Waals surface area contributed by atoms with E-state index >= 15 is 0 Å². The Balaban J connectivity index is 1.42. The number of hydrogen-bond acceptors (Lipinski definition) is 5. The molecule has 0 aliphatic carbocycles. The average Bonchev–Trinajstić information content (AvgIpc) is 3.24. The molecule has 1 spiro atoms. The highest BCUT2D eigenvalue weighted by atomic mass is 35.5. The SMILES string of the molecule is COc1ccc(Cl)c(CN2CCC3(CC2)Nc2ncccc2-n2c3cnc2C(C)C)c1. The van der Waals surface area contributed by atoms with Crippen LogP contribution in [0.1, 0.15) is 49.7 Å². The van der Waals surface area contributed by atoms with Crippen LogP contribution in [0.3, 0.4) is 0 Å². The Kier molecular flexibility index (Phi) is 5.15. The van der Waals surface area contributed by atoms with Crippen molar-refractivity contribution in [1.82, 2.24) is 19.4 Å². The monoisotopic (exact) mass is 437 g/mol. The number of ether oxygens (including phenoxy) is 1. The quantitative estimate of drug-likeness (QED) is 0.624. The first kappa shape index (κ1) is 20.3. The number of anilines is 1. The topological polar surface area (TPSA) is 55.2 Å². The lowest BCUT2D eigenvalue weighted by molar-refractivity contribution is 0.161. The van der Waals surface area contributed by atoms with Gasteiger partial charge in [0.2, 0.25) is 0 Å². The Bertz CT molecular complexity index is 1100. The molecule has 0 bridgehead atoms. The Morgan fingerprint density at radius 3 is 2.74 bits per heavy atom. The number of aromatic nitrogens is 3. The van der Waals surface area contributed by atoms with Crippen LogP contribution in [0.5, 0.6) is 5.75 Å². The molecule has 0 radical (unpaired) electrons. The van der Waals surface area contributed by atoms with Crippen LogP contribution in [0.25, 0.3) is 5.69 Å². The molecular weight excluding hydrogens is 410 g/mol. The number of fused-ring (bicyclic) bond motifs is 4. The van der Waals surface area contributed by atoms with Gasteiger partial charge in [-0.2, -0.15) is 0 Å². The molecule has 0 unspecified atom stereocenters. The highest BCUT2D eigenvalue weighted by molar-refractivity contribution is 6.31. The predicted octanol–water partition coefficient (Wildman–Crippen LogP) is 4.97. The van der Waals surface area contributed by atoms with Crippen molar-refractivity contribution in [3.63, 3.8) is 0 Å². The summed E-state index contributed by atoms with van der Waals surface area (Å²) in [6, 6.07) is 9.97. The minimum Gasteiger partial charge on any atom is -0.497 e. The van der Waals surface area contributed by atoms with Crippen LogP contribution in [-0.4, -0.2) is 39.6 Å². The summed E-state index contributed by atoms with van der Waals surface area (Å²) in [6.07, 6.45) is 5.88. The summed E-state index contributed by atoms with van der Waals surface area (Å²) in [7, 11) is 1.69. The lowest BCUT2D eigenvalue weighted by atomic mass is 9.83. The van der Waals surface area contributed by atoms with Gasteiger partial charge in [-0.3, -0.25) is 9.47 Å². The third-order valence-corrected chi connectivity index (χ3v) is 6.91. The first-order valence-corrected chi connectivity index (χ1v) is 11.2. The second-order valence-corrected chi connectivity index (χ2v) is 9.21. The maximum absolute atomic E-state index is 6.46. The van der Waals surface area contributed by atoms with Crippen LogP contribution in [0.15, 0.2) is 42.7 Å². The molecule has 3 aromatic rings. The largest absolute Gasteiger partial charge is 0.497 e. The molecule has 0 saturated carbocycles. The molecule has 0 atom stereocenters. The Morgan fingerprint density at radius 2 is 2.00 bits per heavy atom. The van der Waals surface area contributed by atoms with E-state index in [9.17, 15) is 0 Å². The Morgan fingerprint density at radius 1 is 1.19 bits per heavy atom. The second-order valence-electron chi connectivity index (χ2n) is 8.80. The summed E-state index contributed by atoms with van der Waals surface area (Å²) in [5.74, 6) is 3.22. The highest BCUT2D eigenvalue weighted by Crippen LogP contribution is 2.44. The van der Waals surface area contributed by atoms with Gasteiger partial charge in [0.1, 0.15) is 11.6 Å². The molecule has 1 saturated heterocycles. The Hall–Kier alpha value is -2.57. The minimum absolute atomic E-state index is 0.157. The van der Waals surface area contributed by atoms with E-state index in [1.54, 1.807) is 7.11 Å². The standard InChI is InChI=1S/C24H28ClN5O/c1-16(2)23-27-14-21-24(28-22-20(30(21)23)5-4-10-26-22)8-11-29(12-9-24)15-17-13-18(31-3)6-7-19(17)25/h4-7,10,13-14,16H,8-9,11-12,15H2,1-3H3,(H,26,28). The fourth-order valence-electron chi connectivity index (χ4n) is 4.84. The smallest absolute Gasteiger partial charge is 0.151 e. The molecule has 6 nitrogen and oxygen atoms in total. The molecule has 1 fully saturated rings. The highest BCUT2D eigenvalue weighted by Gasteiger charge is 2.43. The van der Waals surface area contributed by atoms with Gasteiger partial charge in [0.25, 0.3) is 0 Å². The molecule has 31 heavy (non-hydrogen) atoms. The van der Waals surface area contributed by atoms with Gasteiger partial charge in [0.05, 0.1) is 30.2 Å². The zero-order chi connectivity index (χ0) is 21.6. The minimum atomic E-state index is -0.157. The number of imidazole rings is 1. The second kappa shape index (κ2) is 7.84. The van der Waals surface area contributed by atoms with Crippen molar-refractivity contribution >= 4 is 17.4 Å². The third-order valence-electron chi connectivity index (χ3n) is 6.54. The van der Waals surface area contributed by atoms with Crippen LogP contribution in [-0.2, 0) is 12.1 Å². The van der Waals surface area contributed by atoms with E-state index < -0.39 is 0 Å². The van der Waals surface area contributed by atoms with Crippen LogP contribution in [0, 0.1) is 0 Å². The van der Waals surface area contributed by atoms with E-state index in [4.69, 9.17) is 21.3 Å². The van der Waals surface area contributed by atoms with Gasteiger partial charge in [0.15, 0.2) is 5.82 Å². The lowest BCUT2D eigenvalue weighted by Gasteiger charge is -2.45. The summed E-state index contributed by atoms with van der Waals surface area (Å²) in [5, 5.41) is 4.58. The average molecular weight is 438 g/mol. The maximum Gasteiger partial charge on any atom is 0.151 e. The van der Waals surface area contributed by atoms with Crippen LogP contribution in [0.2, 0.25) is 5.02 Å². The summed E-state index contributed by atoms with van der Waals surface area (Å²) in [5.41, 5.74) is 3.29. The number of nitrogens with one attached hydrogen (secondary N) is 1. The van der Waals surface area contributed by atoms with Gasteiger partial charge >= 0.3 is 0 Å². The maximum atomic E-state index is 6.46. The van der Waals surface area contributed by atoms with Gasteiger partial charge < -0.3 is 10.1 Å². The Labute approximate surface area is 188 Å². The molecule has 1 aromatic carbocycles. The van der Waals surface area contributed by atoms with Crippen molar-refractivity contribution in [2.75, 3.05) is 25.5 Å². The van der Waals surface area contributed by atoms with E-state index in [0.717, 1.165) is 66.1 Å². The van der Waals surface area contributed by atoms with Crippen LogP contribution >= 0.6 is 11.6 Å². The number of likely N-dealkylation sites (tertiary alicyclic amines) is 1. The van der Waals surface area contributed by atoms with Gasteiger partial charge in [-0.05, 0) is 48.7 Å². The fraction of sp³-hybridized carbons (Fsp3) is 0.417. The van der Waals surface area contributed by atoms with Gasteiger partial charge in [-0.1, -0.05) is 25.4 Å². The molecule has 2 aromatic heterocycles. The molecule has 2 aliphatic rings. The zero-order valence-electron chi connectivity index (χ0n) is 18.2. The normalized spacial score (nSPS) is 17.3. The number of hydrogen-bond donors (Lipinski definition) is 1. The van der Waals surface area contributed by atoms with Crippen molar-refractivity contribution in [3.8, 4) is 11.4 Å². The molecule has 1 N–H and O–H groups in total. The van der Waals surface area contributed by atoms with Crippen LogP contribution < -0.4 is 10.1 Å². The number of nitrogens with zero attached hydrogens (tertiary/aromatic N) is 4. The van der Waals surface area contributed by atoms with Crippen molar-refractivity contribution in [2.24, 2.45) is 0 Å². The van der Waals surface area contributed by atoms with Gasteiger partial charge in [-0.15, -0.1) is 0 Å². The van der Waals surface area contributed by atoms with Crippen molar-refractivity contribution < 1.29 is 4.74 Å². The number of pyridine rings is 1. The molecule has 4 heterocycles. The molecule has 7 heteroatoms. The van der Waals surface area contributed by atoms with Crippen molar-refractivity contribution in [3.05, 3.63) is 64.8 Å². The van der Waals surface area contributed by atoms with Gasteiger partial charge in [0, 0.05) is 36.8 Å². The van der Waals surface area contributed by atoms with Crippen molar-refractivity contribution in [1.29, 1.82) is 0 Å². The molecule has 5 rings (SSSR count). The number of methoxy groups -OCH3 is 1. The first-order valence-electron chi connectivity index (χ1n) is 10.9. The van der Waals surface area contributed by atoms with Crippen molar-refractivity contribution in [2.45, 2.75) is 44.7 Å². The van der Waals surface area contributed by atoms with Crippen LogP contribution in [0.4, 0.5) is 5.82 Å². The lowest BCUT2D eigenvalue weighted by Crippen LogP contribution is -2.49. The van der Waals surface area contributed by atoms with Gasteiger partial charge in [-0.25, -0.2) is 9.97 Å². The van der Waals surface area contributed by atoms with E-state index in [1.165, 1.54) is 5.69 Å². The number of rotatable bonds is 4. The van der Waals surface area contributed by atoms with E-state index in [0.29, 0.717) is 5.92 Å². The molecule has 2 aliphatic heterocycles. The summed E-state index contributed by atoms with van der Waals surface area (Å²) >= 11 is 6.46. The number of halogens is 1. The summed E-state index contributed by atoms with van der Waals surface area (Å²) < 4.78 is 7.71. The predicted molar refractivity (Wildman–Crippen MR) is 123 cm³/mol. The zero-order valence-corrected chi connectivity index (χ0v) is 19.0. The third kappa shape index (κ3) is 3.48. The molecular formula is C24H28ClN5O. The molecule has 0 amide bonds. The number of benzene rings is 1. The summed E-state index contributed by atoms with van der Waals surface area (Å²) in [6.45, 7) is 7.13. The number of piperidine rings is 1. The van der Waals surface area contributed by atoms with E-state index in [1.807, 2.05) is 30.5 Å². The molecule has 162 valence electrons. The van der Waals surface area contributed by atoms with E-state index in [2.05, 4.69) is 45.9 Å². The first-order chi connectivity index (χ1) is 15.0.